The molecule has 1 fully saturated rings. The van der Waals surface area contributed by atoms with Crippen LogP contribution >= 0.6 is 0 Å². The van der Waals surface area contributed by atoms with Gasteiger partial charge in [0.15, 0.2) is 0 Å². The Hall–Kier alpha value is -4.29. The molecular formula is C32H43N7O5. The van der Waals surface area contributed by atoms with Gasteiger partial charge in [0.2, 0.25) is 17.8 Å². The number of amides is 1. The molecule has 1 saturated carbocycles. The first-order valence-electron chi connectivity index (χ1n) is 15.3. The standard InChI is InChI=1S/C32H43N7O5/c40-28(26-14-8-3-9-15-26)33-16-18-43-20-21-44-19-17-34-30-37-31(35-23-25-12-6-2-7-13-25)39-32(38-30)36-27(29(41)42)22-24-10-4-1-5-11-24/h1,3-5,8-11,14-15,25,27H,2,6-7,12-13,16-23H2,(H,33,40)(H,41,42)(H3,34,35,36,37,38,39)/t27-/m0/s1. The molecule has 12 heteroatoms. The molecule has 1 aromatic heterocycles. The van der Waals surface area contributed by atoms with Gasteiger partial charge in [0, 0.05) is 31.6 Å². The van der Waals surface area contributed by atoms with Crippen molar-refractivity contribution in [2.45, 2.75) is 44.6 Å². The quantitative estimate of drug-likeness (QED) is 0.126. The van der Waals surface area contributed by atoms with Crippen LogP contribution in [0, 0.1) is 5.92 Å². The molecule has 0 aliphatic heterocycles. The molecule has 3 aromatic rings. The van der Waals surface area contributed by atoms with Crippen molar-refractivity contribution in [3.8, 4) is 0 Å². The molecule has 1 aliphatic rings. The summed E-state index contributed by atoms with van der Waals surface area (Å²) in [7, 11) is 0. The number of carbonyl (C=O) groups is 2. The van der Waals surface area contributed by atoms with Gasteiger partial charge >= 0.3 is 5.97 Å². The molecule has 12 nitrogen and oxygen atoms in total. The van der Waals surface area contributed by atoms with Crippen molar-refractivity contribution in [3.63, 3.8) is 0 Å². The molecule has 0 spiro atoms. The highest BCUT2D eigenvalue weighted by molar-refractivity contribution is 5.94. The van der Waals surface area contributed by atoms with E-state index in [1.165, 1.54) is 32.1 Å². The molecule has 0 bridgehead atoms. The minimum absolute atomic E-state index is 0.129. The average Bonchev–Trinajstić information content (AvgIpc) is 3.05. The van der Waals surface area contributed by atoms with E-state index in [0.29, 0.717) is 62.9 Å². The zero-order valence-corrected chi connectivity index (χ0v) is 25.0. The van der Waals surface area contributed by atoms with Crippen LogP contribution in [0.3, 0.4) is 0 Å². The van der Waals surface area contributed by atoms with Crippen LogP contribution in [0.5, 0.6) is 0 Å². The second-order valence-electron chi connectivity index (χ2n) is 10.7. The average molecular weight is 606 g/mol. The van der Waals surface area contributed by atoms with Gasteiger partial charge in [-0.2, -0.15) is 15.0 Å². The van der Waals surface area contributed by atoms with Crippen LogP contribution in [0.1, 0.15) is 48.0 Å². The molecule has 1 atom stereocenters. The summed E-state index contributed by atoms with van der Waals surface area (Å²) >= 11 is 0. The Morgan fingerprint density at radius 2 is 1.39 bits per heavy atom. The van der Waals surface area contributed by atoms with Crippen LogP contribution in [0.15, 0.2) is 60.7 Å². The van der Waals surface area contributed by atoms with E-state index in [1.807, 2.05) is 48.5 Å². The third-order valence-corrected chi connectivity index (χ3v) is 7.26. The number of benzene rings is 2. The highest BCUT2D eigenvalue weighted by Crippen LogP contribution is 2.24. The van der Waals surface area contributed by atoms with Crippen LogP contribution in [0.25, 0.3) is 0 Å². The highest BCUT2D eigenvalue weighted by atomic mass is 16.5. The maximum absolute atomic E-state index is 12.0. The molecule has 44 heavy (non-hydrogen) atoms. The molecule has 1 amide bonds. The topological polar surface area (TPSA) is 160 Å². The number of ether oxygens (including phenoxy) is 2. The van der Waals surface area contributed by atoms with Gasteiger partial charge in [-0.3, -0.25) is 4.79 Å². The molecule has 1 aliphatic carbocycles. The van der Waals surface area contributed by atoms with Gasteiger partial charge in [0.1, 0.15) is 6.04 Å². The summed E-state index contributed by atoms with van der Waals surface area (Å²) in [4.78, 5) is 37.5. The molecule has 0 radical (unpaired) electrons. The minimum atomic E-state index is -0.991. The Labute approximate surface area is 258 Å². The fraction of sp³-hybridized carbons (Fsp3) is 0.469. The molecule has 2 aromatic carbocycles. The first-order valence-corrected chi connectivity index (χ1v) is 15.3. The Morgan fingerprint density at radius 1 is 0.773 bits per heavy atom. The second-order valence-corrected chi connectivity index (χ2v) is 10.7. The normalized spacial score (nSPS) is 14.0. The number of nitrogens with one attached hydrogen (secondary N) is 4. The summed E-state index contributed by atoms with van der Waals surface area (Å²) in [6.45, 7) is 3.17. The molecule has 4 rings (SSSR count). The van der Waals surface area contributed by atoms with Crippen molar-refractivity contribution in [2.75, 3.05) is 62.0 Å². The summed E-state index contributed by atoms with van der Waals surface area (Å²) in [5.74, 6) is 0.351. The fourth-order valence-electron chi connectivity index (χ4n) is 4.92. The smallest absolute Gasteiger partial charge is 0.326 e. The Kier molecular flexibility index (Phi) is 13.6. The lowest BCUT2D eigenvalue weighted by Crippen LogP contribution is -2.32. The fourth-order valence-corrected chi connectivity index (χ4v) is 4.92. The van der Waals surface area contributed by atoms with E-state index >= 15 is 0 Å². The first kappa shape index (κ1) is 32.6. The minimum Gasteiger partial charge on any atom is -0.480 e. The number of hydrogen-bond acceptors (Lipinski definition) is 10. The van der Waals surface area contributed by atoms with Crippen LogP contribution in [0.2, 0.25) is 0 Å². The van der Waals surface area contributed by atoms with Crippen LogP contribution in [0.4, 0.5) is 17.8 Å². The van der Waals surface area contributed by atoms with Gasteiger partial charge in [0.25, 0.3) is 5.91 Å². The molecule has 5 N–H and O–H groups in total. The summed E-state index contributed by atoms with van der Waals surface area (Å²) in [5.41, 5.74) is 1.51. The number of aliphatic carboxylic acids is 1. The van der Waals surface area contributed by atoms with Crippen LogP contribution in [-0.2, 0) is 20.7 Å². The van der Waals surface area contributed by atoms with Gasteiger partial charge in [-0.1, -0.05) is 67.8 Å². The monoisotopic (exact) mass is 605 g/mol. The zero-order valence-electron chi connectivity index (χ0n) is 25.0. The summed E-state index contributed by atoms with van der Waals surface area (Å²) in [6.07, 6.45) is 6.39. The Bertz CT molecular complexity index is 1280. The number of anilines is 3. The predicted molar refractivity (Wildman–Crippen MR) is 169 cm³/mol. The van der Waals surface area contributed by atoms with Crippen molar-refractivity contribution in [1.29, 1.82) is 0 Å². The van der Waals surface area contributed by atoms with Gasteiger partial charge in [-0.25, -0.2) is 4.79 Å². The molecular weight excluding hydrogens is 562 g/mol. The lowest BCUT2D eigenvalue weighted by molar-refractivity contribution is -0.137. The predicted octanol–water partition coefficient (Wildman–Crippen LogP) is 3.85. The van der Waals surface area contributed by atoms with E-state index in [4.69, 9.17) is 9.47 Å². The van der Waals surface area contributed by atoms with Gasteiger partial charge in [-0.15, -0.1) is 0 Å². The van der Waals surface area contributed by atoms with Crippen LogP contribution in [-0.4, -0.2) is 84.0 Å². The number of nitrogens with zero attached hydrogens (tertiary/aromatic N) is 3. The number of hydrogen-bond donors (Lipinski definition) is 5. The Morgan fingerprint density at radius 3 is 2.07 bits per heavy atom. The molecule has 1 heterocycles. The zero-order chi connectivity index (χ0) is 30.8. The number of aromatic nitrogens is 3. The van der Waals surface area contributed by atoms with Gasteiger partial charge < -0.3 is 35.8 Å². The lowest BCUT2D eigenvalue weighted by Gasteiger charge is -2.22. The third kappa shape index (κ3) is 11.8. The SMILES string of the molecule is O=C(NCCOCCOCCNc1nc(NCC2CCCCC2)nc(N[C@@H](Cc2ccccc2)C(=O)O)n1)c1ccccc1. The number of rotatable bonds is 19. The van der Waals surface area contributed by atoms with E-state index in [1.54, 1.807) is 12.1 Å². The van der Waals surface area contributed by atoms with Crippen molar-refractivity contribution < 1.29 is 24.2 Å². The summed E-state index contributed by atoms with van der Waals surface area (Å²) in [6, 6.07) is 17.6. The van der Waals surface area contributed by atoms with Crippen LogP contribution < -0.4 is 21.3 Å². The first-order chi connectivity index (χ1) is 21.6. The molecule has 0 unspecified atom stereocenters. The summed E-state index contributed by atoms with van der Waals surface area (Å²) in [5, 5.41) is 22.1. The third-order valence-electron chi connectivity index (χ3n) is 7.26. The maximum Gasteiger partial charge on any atom is 0.326 e. The number of carbonyl (C=O) groups excluding carboxylic acids is 1. The second kappa shape index (κ2) is 18.4. The Balaban J connectivity index is 1.22. The van der Waals surface area contributed by atoms with Gasteiger partial charge in [0.05, 0.1) is 26.4 Å². The van der Waals surface area contributed by atoms with E-state index in [0.717, 1.165) is 12.1 Å². The van der Waals surface area contributed by atoms with Crippen molar-refractivity contribution in [3.05, 3.63) is 71.8 Å². The summed E-state index contributed by atoms with van der Waals surface area (Å²) < 4.78 is 11.2. The number of carboxylic acids is 1. The highest BCUT2D eigenvalue weighted by Gasteiger charge is 2.21. The maximum atomic E-state index is 12.0. The van der Waals surface area contributed by atoms with E-state index in [-0.39, 0.29) is 18.3 Å². The molecule has 0 saturated heterocycles. The van der Waals surface area contributed by atoms with Gasteiger partial charge in [-0.05, 0) is 36.5 Å². The largest absolute Gasteiger partial charge is 0.480 e. The van der Waals surface area contributed by atoms with Crippen molar-refractivity contribution in [1.82, 2.24) is 20.3 Å². The van der Waals surface area contributed by atoms with Crippen molar-refractivity contribution >= 4 is 29.7 Å². The molecule has 236 valence electrons. The van der Waals surface area contributed by atoms with E-state index in [9.17, 15) is 14.7 Å². The van der Waals surface area contributed by atoms with E-state index < -0.39 is 12.0 Å². The lowest BCUT2D eigenvalue weighted by atomic mass is 9.89. The van der Waals surface area contributed by atoms with Crippen molar-refractivity contribution in [2.24, 2.45) is 5.92 Å². The van der Waals surface area contributed by atoms with E-state index in [2.05, 4.69) is 36.2 Å². The number of carboxylic acid groups (broad SMARTS) is 1.